The summed E-state index contributed by atoms with van der Waals surface area (Å²) in [5.74, 6) is 0.554. The van der Waals surface area contributed by atoms with Crippen molar-refractivity contribution in [2.45, 2.75) is 12.3 Å². The third kappa shape index (κ3) is 2.38. The van der Waals surface area contributed by atoms with Gasteiger partial charge >= 0.3 is 0 Å². The smallest absolute Gasteiger partial charge is 0.240 e. The average molecular weight is 311 g/mol. The van der Waals surface area contributed by atoms with E-state index < -0.39 is 0 Å². The molecule has 1 fully saturated rings. The van der Waals surface area contributed by atoms with Crippen LogP contribution in [0.15, 0.2) is 30.5 Å². The van der Waals surface area contributed by atoms with Crippen molar-refractivity contribution in [1.82, 2.24) is 4.98 Å². The molecule has 3 nitrogen and oxygen atoms in total. The highest BCUT2D eigenvalue weighted by molar-refractivity contribution is 8.00. The molecule has 1 aliphatic rings. The molecule has 0 radical (unpaired) electrons. The van der Waals surface area contributed by atoms with Gasteiger partial charge in [0.1, 0.15) is 5.37 Å². The fraction of sp³-hybridized carbons (Fsp3) is 0.231. The normalized spacial score (nSPS) is 19.2. The maximum absolute atomic E-state index is 12.1. The summed E-state index contributed by atoms with van der Waals surface area (Å²) in [6.07, 6.45) is 1.79. The van der Waals surface area contributed by atoms with E-state index >= 15 is 0 Å². The van der Waals surface area contributed by atoms with Gasteiger partial charge in [-0.25, -0.2) is 4.98 Å². The highest BCUT2D eigenvalue weighted by Gasteiger charge is 2.36. The Morgan fingerprint density at radius 3 is 2.89 bits per heavy atom. The largest absolute Gasteiger partial charge is 0.273 e. The lowest BCUT2D eigenvalue weighted by Gasteiger charge is -2.22. The molecular formula is C13H11ClN2OS2. The number of halogens is 1. The predicted octanol–water partition coefficient (Wildman–Crippen LogP) is 3.88. The Bertz CT molecular complexity index is 629. The summed E-state index contributed by atoms with van der Waals surface area (Å²) in [6, 6.07) is 7.65. The second kappa shape index (κ2) is 5.15. The van der Waals surface area contributed by atoms with Crippen LogP contribution >= 0.6 is 34.7 Å². The van der Waals surface area contributed by atoms with E-state index in [1.807, 2.05) is 31.2 Å². The molecule has 1 aromatic heterocycles. The Morgan fingerprint density at radius 2 is 2.21 bits per heavy atom. The van der Waals surface area contributed by atoms with Crippen molar-refractivity contribution in [1.29, 1.82) is 0 Å². The molecular weight excluding hydrogens is 300 g/mol. The first-order valence-electron chi connectivity index (χ1n) is 5.77. The molecule has 2 heterocycles. The van der Waals surface area contributed by atoms with Crippen LogP contribution in [-0.4, -0.2) is 16.6 Å². The van der Waals surface area contributed by atoms with E-state index in [1.165, 1.54) is 11.3 Å². The number of amides is 1. The SMILES string of the molecule is Cc1cnc(N2C(=O)CS[C@@H]2c2ccccc2Cl)s1. The number of aromatic nitrogens is 1. The van der Waals surface area contributed by atoms with E-state index in [0.717, 1.165) is 15.6 Å². The van der Waals surface area contributed by atoms with E-state index in [2.05, 4.69) is 4.98 Å². The van der Waals surface area contributed by atoms with Crippen LogP contribution in [0.1, 0.15) is 15.8 Å². The van der Waals surface area contributed by atoms with Crippen molar-refractivity contribution in [3.63, 3.8) is 0 Å². The number of nitrogens with zero attached hydrogens (tertiary/aromatic N) is 2. The first kappa shape index (κ1) is 13.0. The van der Waals surface area contributed by atoms with Gasteiger partial charge in [0.15, 0.2) is 5.13 Å². The monoisotopic (exact) mass is 310 g/mol. The molecule has 1 saturated heterocycles. The minimum atomic E-state index is -0.0771. The van der Waals surface area contributed by atoms with E-state index in [0.29, 0.717) is 10.8 Å². The molecule has 3 rings (SSSR count). The number of aryl methyl sites for hydroxylation is 1. The molecule has 19 heavy (non-hydrogen) atoms. The summed E-state index contributed by atoms with van der Waals surface area (Å²) in [5, 5.41) is 1.36. The molecule has 1 amide bonds. The fourth-order valence-corrected chi connectivity index (χ4v) is 4.36. The lowest BCUT2D eigenvalue weighted by atomic mass is 10.2. The molecule has 0 aliphatic carbocycles. The van der Waals surface area contributed by atoms with E-state index in [-0.39, 0.29) is 11.3 Å². The number of carbonyl (C=O) groups is 1. The van der Waals surface area contributed by atoms with E-state index in [4.69, 9.17) is 11.6 Å². The van der Waals surface area contributed by atoms with Crippen LogP contribution in [0, 0.1) is 6.92 Å². The summed E-state index contributed by atoms with van der Waals surface area (Å²) < 4.78 is 0. The van der Waals surface area contributed by atoms with Gasteiger partial charge in [0, 0.05) is 21.7 Å². The average Bonchev–Trinajstić information content (AvgIpc) is 2.96. The van der Waals surface area contributed by atoms with Crippen LogP contribution in [-0.2, 0) is 4.79 Å². The van der Waals surface area contributed by atoms with Crippen molar-refractivity contribution >= 4 is 45.7 Å². The van der Waals surface area contributed by atoms with E-state index in [9.17, 15) is 4.79 Å². The predicted molar refractivity (Wildman–Crippen MR) is 81.0 cm³/mol. The van der Waals surface area contributed by atoms with Crippen LogP contribution < -0.4 is 4.90 Å². The second-order valence-electron chi connectivity index (χ2n) is 4.20. The molecule has 1 atom stereocenters. The minimum Gasteiger partial charge on any atom is -0.273 e. The van der Waals surface area contributed by atoms with Crippen LogP contribution in [0.2, 0.25) is 5.02 Å². The summed E-state index contributed by atoms with van der Waals surface area (Å²) in [4.78, 5) is 19.3. The first-order valence-corrected chi connectivity index (χ1v) is 8.01. The molecule has 1 aromatic carbocycles. The number of hydrogen-bond acceptors (Lipinski definition) is 4. The molecule has 0 saturated carbocycles. The number of benzene rings is 1. The van der Waals surface area contributed by atoms with Crippen LogP contribution in [0.25, 0.3) is 0 Å². The summed E-state index contributed by atoms with van der Waals surface area (Å²) >= 11 is 9.36. The molecule has 98 valence electrons. The molecule has 0 N–H and O–H groups in total. The highest BCUT2D eigenvalue weighted by Crippen LogP contribution is 2.44. The van der Waals surface area contributed by atoms with Crippen molar-refractivity contribution in [3.05, 3.63) is 45.9 Å². The molecule has 0 bridgehead atoms. The number of thiazole rings is 1. The zero-order valence-electron chi connectivity index (χ0n) is 10.2. The van der Waals surface area contributed by atoms with Crippen molar-refractivity contribution < 1.29 is 4.79 Å². The maximum Gasteiger partial charge on any atom is 0.240 e. The third-order valence-corrected chi connectivity index (χ3v) is 5.30. The van der Waals surface area contributed by atoms with Gasteiger partial charge in [-0.3, -0.25) is 9.69 Å². The van der Waals surface area contributed by atoms with Crippen molar-refractivity contribution in [2.24, 2.45) is 0 Å². The Kier molecular flexibility index (Phi) is 3.52. The molecule has 2 aromatic rings. The summed E-state index contributed by atoms with van der Waals surface area (Å²) in [6.45, 7) is 1.99. The van der Waals surface area contributed by atoms with Crippen LogP contribution in [0.4, 0.5) is 5.13 Å². The van der Waals surface area contributed by atoms with Gasteiger partial charge < -0.3 is 0 Å². The zero-order chi connectivity index (χ0) is 13.4. The van der Waals surface area contributed by atoms with Crippen LogP contribution in [0.3, 0.4) is 0 Å². The number of hydrogen-bond donors (Lipinski definition) is 0. The van der Waals surface area contributed by atoms with Crippen molar-refractivity contribution in [3.8, 4) is 0 Å². The quantitative estimate of drug-likeness (QED) is 0.844. The summed E-state index contributed by atoms with van der Waals surface area (Å²) in [7, 11) is 0. The van der Waals surface area contributed by atoms with Gasteiger partial charge in [-0.05, 0) is 13.0 Å². The van der Waals surface area contributed by atoms with Gasteiger partial charge in [-0.15, -0.1) is 23.1 Å². The number of carbonyl (C=O) groups excluding carboxylic acids is 1. The third-order valence-electron chi connectivity index (χ3n) is 2.85. The molecule has 1 aliphatic heterocycles. The zero-order valence-corrected chi connectivity index (χ0v) is 12.6. The lowest BCUT2D eigenvalue weighted by molar-refractivity contribution is -0.115. The minimum absolute atomic E-state index is 0.0771. The molecule has 0 unspecified atom stereocenters. The Morgan fingerprint density at radius 1 is 1.42 bits per heavy atom. The van der Waals surface area contributed by atoms with E-state index in [1.54, 1.807) is 22.9 Å². The topological polar surface area (TPSA) is 33.2 Å². The van der Waals surface area contributed by atoms with Crippen molar-refractivity contribution in [2.75, 3.05) is 10.7 Å². The van der Waals surface area contributed by atoms with Gasteiger partial charge in [0.2, 0.25) is 5.91 Å². The van der Waals surface area contributed by atoms with Gasteiger partial charge in [0.05, 0.1) is 5.75 Å². The standard InChI is InChI=1S/C13H11ClN2OS2/c1-8-6-15-13(19-8)16-11(17)7-18-12(16)9-4-2-3-5-10(9)14/h2-6,12H,7H2,1H3/t12-/m1/s1. The maximum atomic E-state index is 12.1. The lowest BCUT2D eigenvalue weighted by Crippen LogP contribution is -2.27. The molecule has 6 heteroatoms. The summed E-state index contributed by atoms with van der Waals surface area (Å²) in [5.41, 5.74) is 0.966. The number of thioether (sulfide) groups is 1. The Labute approximate surface area is 124 Å². The van der Waals surface area contributed by atoms with Gasteiger partial charge in [-0.1, -0.05) is 29.8 Å². The van der Waals surface area contributed by atoms with Crippen LogP contribution in [0.5, 0.6) is 0 Å². The molecule has 0 spiro atoms. The number of anilines is 1. The fourth-order valence-electron chi connectivity index (χ4n) is 1.99. The Balaban J connectivity index is 2.02. The van der Waals surface area contributed by atoms with Gasteiger partial charge in [0.25, 0.3) is 0 Å². The highest BCUT2D eigenvalue weighted by atomic mass is 35.5. The second-order valence-corrected chi connectivity index (χ2v) is 6.89. The van der Waals surface area contributed by atoms with Gasteiger partial charge in [-0.2, -0.15) is 0 Å². The Hall–Kier alpha value is -1.04. The number of rotatable bonds is 2. The first-order chi connectivity index (χ1) is 9.16.